The van der Waals surface area contributed by atoms with Gasteiger partial charge in [0.05, 0.1) is 6.61 Å². The Kier molecular flexibility index (Phi) is 5.43. The van der Waals surface area contributed by atoms with E-state index in [1.54, 1.807) is 11.1 Å². The first-order valence-electron chi connectivity index (χ1n) is 12.0. The van der Waals surface area contributed by atoms with E-state index in [0.29, 0.717) is 17.6 Å². The van der Waals surface area contributed by atoms with E-state index >= 15 is 0 Å². The standard InChI is InChI=1S/C28H34O2/c1-28-17-16-24-23-12-10-20(7-5-6-18-30-22-8-3-2-4-9-22)19-21(23)11-13-25(24)26(28)14-15-27(28)29/h2-4,8-10,12,19,24-26H,5-7,11,13-18H2,1H3/t24-,25-,26+,28+/m1/s1. The molecular formula is C28H34O2. The van der Waals surface area contributed by atoms with E-state index in [9.17, 15) is 4.79 Å². The van der Waals surface area contributed by atoms with Crippen LogP contribution in [0.25, 0.3) is 0 Å². The van der Waals surface area contributed by atoms with Crippen LogP contribution in [-0.4, -0.2) is 12.4 Å². The van der Waals surface area contributed by atoms with Crippen molar-refractivity contribution in [3.8, 4) is 5.75 Å². The van der Waals surface area contributed by atoms with Crippen molar-refractivity contribution < 1.29 is 9.53 Å². The Morgan fingerprint density at radius 3 is 2.73 bits per heavy atom. The zero-order valence-electron chi connectivity index (χ0n) is 18.2. The molecule has 0 unspecified atom stereocenters. The molecule has 3 aliphatic carbocycles. The second kappa shape index (κ2) is 8.21. The van der Waals surface area contributed by atoms with Gasteiger partial charge in [0.25, 0.3) is 0 Å². The van der Waals surface area contributed by atoms with Crippen molar-refractivity contribution in [2.24, 2.45) is 17.3 Å². The highest BCUT2D eigenvalue weighted by atomic mass is 16.5. The van der Waals surface area contributed by atoms with E-state index in [0.717, 1.165) is 50.4 Å². The lowest BCUT2D eigenvalue weighted by molar-refractivity contribution is -0.129. The molecular weight excluding hydrogens is 368 g/mol. The zero-order chi connectivity index (χ0) is 20.6. The van der Waals surface area contributed by atoms with Gasteiger partial charge in [0, 0.05) is 11.8 Å². The van der Waals surface area contributed by atoms with Crippen LogP contribution in [0.3, 0.4) is 0 Å². The van der Waals surface area contributed by atoms with Crippen LogP contribution < -0.4 is 4.74 Å². The van der Waals surface area contributed by atoms with Crippen LogP contribution in [0.4, 0.5) is 0 Å². The van der Waals surface area contributed by atoms with Gasteiger partial charge >= 0.3 is 0 Å². The highest BCUT2D eigenvalue weighted by Crippen LogP contribution is 2.59. The van der Waals surface area contributed by atoms with E-state index in [-0.39, 0.29) is 5.41 Å². The molecule has 4 atom stereocenters. The molecule has 2 saturated carbocycles. The first kappa shape index (κ1) is 19.8. The molecule has 0 N–H and O–H groups in total. The summed E-state index contributed by atoms with van der Waals surface area (Å²) in [6.45, 7) is 3.06. The van der Waals surface area contributed by atoms with Crippen LogP contribution in [-0.2, 0) is 17.6 Å². The summed E-state index contributed by atoms with van der Waals surface area (Å²) in [6.07, 6.45) is 10.1. The van der Waals surface area contributed by atoms with Crippen LogP contribution in [0.15, 0.2) is 48.5 Å². The molecule has 0 saturated heterocycles. The van der Waals surface area contributed by atoms with Gasteiger partial charge < -0.3 is 4.74 Å². The van der Waals surface area contributed by atoms with Crippen molar-refractivity contribution in [1.29, 1.82) is 0 Å². The molecule has 0 amide bonds. The van der Waals surface area contributed by atoms with Gasteiger partial charge in [0.15, 0.2) is 0 Å². The molecule has 0 spiro atoms. The fraction of sp³-hybridized carbons (Fsp3) is 0.536. The maximum Gasteiger partial charge on any atom is 0.139 e. The Morgan fingerprint density at radius 1 is 1.00 bits per heavy atom. The molecule has 2 nitrogen and oxygen atoms in total. The second-order valence-corrected chi connectivity index (χ2v) is 9.99. The highest BCUT2D eigenvalue weighted by molar-refractivity contribution is 5.87. The number of ether oxygens (including phenoxy) is 1. The summed E-state index contributed by atoms with van der Waals surface area (Å²) in [4.78, 5) is 12.5. The van der Waals surface area contributed by atoms with Gasteiger partial charge in [-0.3, -0.25) is 4.79 Å². The van der Waals surface area contributed by atoms with Gasteiger partial charge in [-0.1, -0.05) is 43.3 Å². The summed E-state index contributed by atoms with van der Waals surface area (Å²) in [5, 5.41) is 0. The number of rotatable bonds is 6. The van der Waals surface area contributed by atoms with Crippen LogP contribution in [0.2, 0.25) is 0 Å². The summed E-state index contributed by atoms with van der Waals surface area (Å²) >= 11 is 0. The number of benzene rings is 2. The molecule has 158 valence electrons. The molecule has 0 bridgehead atoms. The fourth-order valence-corrected chi connectivity index (χ4v) is 6.70. The lowest BCUT2D eigenvalue weighted by atomic mass is 9.55. The summed E-state index contributed by atoms with van der Waals surface area (Å²) in [7, 11) is 0. The molecule has 0 aromatic heterocycles. The normalized spacial score (nSPS) is 29.8. The number of carbonyl (C=O) groups excluding carboxylic acids is 1. The number of ketones is 1. The average molecular weight is 403 g/mol. The highest BCUT2D eigenvalue weighted by Gasteiger charge is 2.54. The van der Waals surface area contributed by atoms with Crippen LogP contribution in [0.5, 0.6) is 5.75 Å². The number of unbranched alkanes of at least 4 members (excludes halogenated alkanes) is 1. The largest absolute Gasteiger partial charge is 0.494 e. The number of carbonyl (C=O) groups is 1. The van der Waals surface area contributed by atoms with E-state index in [4.69, 9.17) is 4.74 Å². The molecule has 5 rings (SSSR count). The Balaban J connectivity index is 1.18. The Morgan fingerprint density at radius 2 is 1.87 bits per heavy atom. The van der Waals surface area contributed by atoms with Gasteiger partial charge in [-0.15, -0.1) is 0 Å². The Hall–Kier alpha value is -2.09. The van der Waals surface area contributed by atoms with E-state index in [1.165, 1.54) is 31.2 Å². The van der Waals surface area contributed by atoms with E-state index < -0.39 is 0 Å². The maximum atomic E-state index is 12.5. The van der Waals surface area contributed by atoms with Crippen molar-refractivity contribution >= 4 is 5.78 Å². The third-order valence-corrected chi connectivity index (χ3v) is 8.37. The summed E-state index contributed by atoms with van der Waals surface area (Å²) < 4.78 is 5.82. The molecule has 2 heteroatoms. The monoisotopic (exact) mass is 402 g/mol. The molecule has 0 heterocycles. The minimum Gasteiger partial charge on any atom is -0.494 e. The van der Waals surface area contributed by atoms with Gasteiger partial charge in [-0.2, -0.15) is 0 Å². The van der Waals surface area contributed by atoms with Crippen LogP contribution in [0.1, 0.15) is 74.5 Å². The van der Waals surface area contributed by atoms with E-state index in [1.807, 2.05) is 30.3 Å². The first-order valence-corrected chi connectivity index (χ1v) is 12.0. The van der Waals surface area contributed by atoms with Gasteiger partial charge in [0.2, 0.25) is 0 Å². The van der Waals surface area contributed by atoms with E-state index in [2.05, 4.69) is 25.1 Å². The zero-order valence-corrected chi connectivity index (χ0v) is 18.2. The molecule has 2 aromatic rings. The lowest BCUT2D eigenvalue weighted by Crippen LogP contribution is -2.42. The topological polar surface area (TPSA) is 26.3 Å². The minimum absolute atomic E-state index is 0.0135. The van der Waals surface area contributed by atoms with Gasteiger partial charge in [-0.05, 0) is 97.9 Å². The van der Waals surface area contributed by atoms with Crippen molar-refractivity contribution in [2.75, 3.05) is 6.61 Å². The molecule has 2 aromatic carbocycles. The average Bonchev–Trinajstić information content (AvgIpc) is 3.08. The molecule has 0 radical (unpaired) electrons. The number of hydrogen-bond donors (Lipinski definition) is 0. The second-order valence-electron chi connectivity index (χ2n) is 9.99. The van der Waals surface area contributed by atoms with Gasteiger partial charge in [-0.25, -0.2) is 0 Å². The number of para-hydroxylation sites is 1. The van der Waals surface area contributed by atoms with Crippen molar-refractivity contribution in [1.82, 2.24) is 0 Å². The SMILES string of the molecule is C[C@]12CC[C@@H]3c4ccc(CCCCOc5ccccc5)cc4CC[C@H]3[C@@H]1CCC2=O. The third-order valence-electron chi connectivity index (χ3n) is 8.37. The number of aryl methyl sites for hydroxylation is 2. The quantitative estimate of drug-likeness (QED) is 0.515. The van der Waals surface area contributed by atoms with Crippen LogP contribution >= 0.6 is 0 Å². The summed E-state index contributed by atoms with van der Waals surface area (Å²) in [5.74, 6) is 3.55. The molecule has 3 aliphatic rings. The summed E-state index contributed by atoms with van der Waals surface area (Å²) in [6, 6.07) is 17.4. The third kappa shape index (κ3) is 3.59. The van der Waals surface area contributed by atoms with Crippen molar-refractivity contribution in [3.05, 3.63) is 65.2 Å². The lowest BCUT2D eigenvalue weighted by Gasteiger charge is -2.48. The smallest absolute Gasteiger partial charge is 0.139 e. The van der Waals surface area contributed by atoms with Crippen LogP contribution in [0, 0.1) is 17.3 Å². The summed E-state index contributed by atoms with van der Waals surface area (Å²) in [5.41, 5.74) is 4.65. The van der Waals surface area contributed by atoms with Crippen molar-refractivity contribution in [2.45, 2.75) is 70.6 Å². The molecule has 0 aliphatic heterocycles. The van der Waals surface area contributed by atoms with Gasteiger partial charge in [0.1, 0.15) is 11.5 Å². The minimum atomic E-state index is -0.0135. The molecule has 30 heavy (non-hydrogen) atoms. The Labute approximate surface area is 181 Å². The Bertz CT molecular complexity index is 902. The van der Waals surface area contributed by atoms with Crippen molar-refractivity contribution in [3.63, 3.8) is 0 Å². The maximum absolute atomic E-state index is 12.5. The predicted octanol–water partition coefficient (Wildman–Crippen LogP) is 6.51. The number of Topliss-reactive ketones (excluding diaryl/α,β-unsaturated/α-hetero) is 1. The first-order chi connectivity index (χ1) is 14.6. The predicted molar refractivity (Wildman–Crippen MR) is 121 cm³/mol. The fourth-order valence-electron chi connectivity index (χ4n) is 6.70. The number of hydrogen-bond acceptors (Lipinski definition) is 2. The molecule has 2 fully saturated rings. The number of fused-ring (bicyclic) bond motifs is 5.